The van der Waals surface area contributed by atoms with E-state index in [0.29, 0.717) is 18.5 Å². The highest BCUT2D eigenvalue weighted by Gasteiger charge is 2.27. The number of nitrogens with two attached hydrogens (primary N) is 1. The van der Waals surface area contributed by atoms with Crippen molar-refractivity contribution in [3.8, 4) is 0 Å². The molecule has 0 amide bonds. The topological polar surface area (TPSA) is 76.1 Å². The predicted molar refractivity (Wildman–Crippen MR) is 75.7 cm³/mol. The van der Waals surface area contributed by atoms with Gasteiger partial charge in [0.2, 0.25) is 0 Å². The second-order valence-electron chi connectivity index (χ2n) is 5.39. The Labute approximate surface area is 115 Å². The van der Waals surface area contributed by atoms with Gasteiger partial charge in [0.05, 0.1) is 18.1 Å². The summed E-state index contributed by atoms with van der Waals surface area (Å²) in [4.78, 5) is 4.21. The molecule has 1 aromatic heterocycles. The average molecular weight is 266 g/mol. The van der Waals surface area contributed by atoms with Gasteiger partial charge in [0.1, 0.15) is 0 Å². The minimum Gasteiger partial charge on any atom is -0.396 e. The molecule has 108 valence electrons. The van der Waals surface area contributed by atoms with Gasteiger partial charge in [-0.25, -0.2) is 4.98 Å². The van der Waals surface area contributed by atoms with Crippen LogP contribution in [0, 0.1) is 5.92 Å². The summed E-state index contributed by atoms with van der Waals surface area (Å²) in [6, 6.07) is 0.493. The molecule has 1 saturated carbocycles. The molecule has 0 aromatic carbocycles. The Morgan fingerprint density at radius 3 is 3.00 bits per heavy atom. The molecule has 3 unspecified atom stereocenters. The molecular weight excluding hydrogens is 240 g/mol. The van der Waals surface area contributed by atoms with Crippen LogP contribution in [0.25, 0.3) is 0 Å². The van der Waals surface area contributed by atoms with E-state index >= 15 is 0 Å². The van der Waals surface area contributed by atoms with Crippen LogP contribution in [0.5, 0.6) is 0 Å². The summed E-state index contributed by atoms with van der Waals surface area (Å²) in [6.07, 6.45) is 8.44. The quantitative estimate of drug-likeness (QED) is 0.719. The van der Waals surface area contributed by atoms with Crippen LogP contribution in [-0.2, 0) is 6.54 Å². The summed E-state index contributed by atoms with van der Waals surface area (Å²) in [5.74, 6) is 0.362. The summed E-state index contributed by atoms with van der Waals surface area (Å²) in [7, 11) is 0. The first-order chi connectivity index (χ1) is 9.30. The zero-order chi connectivity index (χ0) is 13.7. The average Bonchev–Trinajstić information content (AvgIpc) is 2.93. The van der Waals surface area contributed by atoms with Crippen LogP contribution >= 0.6 is 0 Å². The minimum atomic E-state index is 0.125. The predicted octanol–water partition coefficient (Wildman–Crippen LogP) is 1.04. The molecule has 19 heavy (non-hydrogen) atoms. The second kappa shape index (κ2) is 7.03. The highest BCUT2D eigenvalue weighted by molar-refractivity contribution is 5.07. The first kappa shape index (κ1) is 14.5. The van der Waals surface area contributed by atoms with Crippen LogP contribution in [0.2, 0.25) is 0 Å². The molecule has 0 radical (unpaired) electrons. The van der Waals surface area contributed by atoms with Crippen LogP contribution in [0.4, 0.5) is 0 Å². The van der Waals surface area contributed by atoms with E-state index in [1.54, 1.807) is 0 Å². The molecule has 5 heteroatoms. The Morgan fingerprint density at radius 2 is 2.32 bits per heavy atom. The monoisotopic (exact) mass is 266 g/mol. The van der Waals surface area contributed by atoms with E-state index in [2.05, 4.69) is 21.8 Å². The summed E-state index contributed by atoms with van der Waals surface area (Å²) < 4.78 is 2.13. The number of hydrogen-bond donors (Lipinski definition) is 3. The van der Waals surface area contributed by atoms with Crippen molar-refractivity contribution in [2.45, 2.75) is 51.2 Å². The molecule has 0 spiro atoms. The minimum absolute atomic E-state index is 0.125. The van der Waals surface area contributed by atoms with Gasteiger partial charge in [-0.1, -0.05) is 12.8 Å². The van der Waals surface area contributed by atoms with Crippen molar-refractivity contribution in [3.05, 3.63) is 18.2 Å². The van der Waals surface area contributed by atoms with Crippen LogP contribution < -0.4 is 11.1 Å². The van der Waals surface area contributed by atoms with Crippen molar-refractivity contribution in [1.29, 1.82) is 0 Å². The van der Waals surface area contributed by atoms with E-state index in [4.69, 9.17) is 5.73 Å². The number of imidazole rings is 1. The molecule has 5 nitrogen and oxygen atoms in total. The molecule has 1 fully saturated rings. The first-order valence-corrected chi connectivity index (χ1v) is 7.37. The maximum Gasteiger partial charge on any atom is 0.0948 e. The maximum atomic E-state index is 9.49. The van der Waals surface area contributed by atoms with Crippen LogP contribution in [0.3, 0.4) is 0 Å². The van der Waals surface area contributed by atoms with E-state index in [1.807, 2.05) is 12.5 Å². The Kier molecular flexibility index (Phi) is 5.36. The Balaban J connectivity index is 2.05. The van der Waals surface area contributed by atoms with Gasteiger partial charge in [-0.3, -0.25) is 0 Å². The molecule has 0 aliphatic heterocycles. The van der Waals surface area contributed by atoms with E-state index in [0.717, 1.165) is 25.1 Å². The van der Waals surface area contributed by atoms with E-state index < -0.39 is 0 Å². The van der Waals surface area contributed by atoms with Gasteiger partial charge in [0.25, 0.3) is 0 Å². The number of aliphatic hydroxyl groups is 1. The van der Waals surface area contributed by atoms with Gasteiger partial charge in [-0.05, 0) is 25.7 Å². The van der Waals surface area contributed by atoms with Gasteiger partial charge in [-0.15, -0.1) is 0 Å². The van der Waals surface area contributed by atoms with Crippen molar-refractivity contribution in [3.63, 3.8) is 0 Å². The number of aliphatic hydroxyl groups excluding tert-OH is 1. The summed E-state index contributed by atoms with van der Waals surface area (Å²) in [6.45, 7) is 3.83. The fraction of sp³-hybridized carbons (Fsp3) is 0.786. The molecule has 0 bridgehead atoms. The van der Waals surface area contributed by atoms with Crippen LogP contribution in [-0.4, -0.2) is 33.9 Å². The fourth-order valence-corrected chi connectivity index (χ4v) is 3.06. The zero-order valence-electron chi connectivity index (χ0n) is 11.8. The molecular formula is C14H26N4O. The molecule has 2 rings (SSSR count). The summed E-state index contributed by atoms with van der Waals surface area (Å²) in [5, 5.41) is 13.1. The van der Waals surface area contributed by atoms with Gasteiger partial charge < -0.3 is 20.7 Å². The number of nitrogens with zero attached hydrogens (tertiary/aromatic N) is 2. The number of hydrogen-bond acceptors (Lipinski definition) is 4. The molecule has 1 aliphatic rings. The van der Waals surface area contributed by atoms with Crippen LogP contribution in [0.15, 0.2) is 12.5 Å². The smallest absolute Gasteiger partial charge is 0.0948 e. The van der Waals surface area contributed by atoms with Gasteiger partial charge in [0.15, 0.2) is 0 Å². The third-order valence-corrected chi connectivity index (χ3v) is 4.24. The normalized spacial score (nSPS) is 25.4. The first-order valence-electron chi connectivity index (χ1n) is 7.37. The lowest BCUT2D eigenvalue weighted by Gasteiger charge is -2.34. The Morgan fingerprint density at radius 1 is 1.53 bits per heavy atom. The maximum absolute atomic E-state index is 9.49. The highest BCUT2D eigenvalue weighted by atomic mass is 16.3. The lowest BCUT2D eigenvalue weighted by Crippen LogP contribution is -2.44. The van der Waals surface area contributed by atoms with Crippen molar-refractivity contribution in [2.75, 3.05) is 13.2 Å². The molecule has 1 heterocycles. The fourth-order valence-electron chi connectivity index (χ4n) is 3.06. The summed E-state index contributed by atoms with van der Waals surface area (Å²) in [5.41, 5.74) is 7.07. The Bertz CT molecular complexity index is 379. The van der Waals surface area contributed by atoms with Gasteiger partial charge >= 0.3 is 0 Å². The van der Waals surface area contributed by atoms with E-state index in [1.165, 1.54) is 12.8 Å². The third kappa shape index (κ3) is 3.35. The lowest BCUT2D eigenvalue weighted by atomic mass is 9.84. The number of aromatic nitrogens is 2. The molecule has 1 aliphatic carbocycles. The lowest BCUT2D eigenvalue weighted by molar-refractivity contribution is 0.145. The molecule has 0 saturated heterocycles. The second-order valence-corrected chi connectivity index (χ2v) is 5.39. The number of nitrogens with one attached hydrogen (secondary N) is 1. The van der Waals surface area contributed by atoms with Gasteiger partial charge in [-0.2, -0.15) is 0 Å². The molecule has 1 aromatic rings. The zero-order valence-corrected chi connectivity index (χ0v) is 11.8. The van der Waals surface area contributed by atoms with Crippen molar-refractivity contribution >= 4 is 0 Å². The number of rotatable bonds is 6. The SMILES string of the molecule is CCn1cncc1C(CN)NC1CCCCC1CO. The van der Waals surface area contributed by atoms with Crippen molar-refractivity contribution in [1.82, 2.24) is 14.9 Å². The van der Waals surface area contributed by atoms with E-state index in [9.17, 15) is 5.11 Å². The van der Waals surface area contributed by atoms with E-state index in [-0.39, 0.29) is 12.6 Å². The Hall–Kier alpha value is -0.910. The van der Waals surface area contributed by atoms with Crippen molar-refractivity contribution < 1.29 is 5.11 Å². The highest BCUT2D eigenvalue weighted by Crippen LogP contribution is 2.26. The van der Waals surface area contributed by atoms with Crippen LogP contribution in [0.1, 0.15) is 44.3 Å². The largest absolute Gasteiger partial charge is 0.396 e. The molecule has 4 N–H and O–H groups in total. The third-order valence-electron chi connectivity index (χ3n) is 4.24. The molecule has 3 atom stereocenters. The standard InChI is InChI=1S/C14H26N4O/c1-2-18-10-16-8-14(18)13(7-15)17-12-6-4-3-5-11(12)9-19/h8,10-13,17,19H,2-7,9,15H2,1H3. The number of aryl methyl sites for hydroxylation is 1. The van der Waals surface area contributed by atoms with Gasteiger partial charge in [0, 0.05) is 31.9 Å². The van der Waals surface area contributed by atoms with Crippen molar-refractivity contribution in [2.24, 2.45) is 11.7 Å². The summed E-state index contributed by atoms with van der Waals surface area (Å²) >= 11 is 0.